The Morgan fingerprint density at radius 1 is 1.46 bits per heavy atom. The Hall–Kier alpha value is -0.740. The molecule has 0 atom stereocenters. The molecule has 0 spiro atoms. The second-order valence-corrected chi connectivity index (χ2v) is 4.37. The van der Waals surface area contributed by atoms with Crippen LogP contribution in [0.3, 0.4) is 0 Å². The Morgan fingerprint density at radius 2 is 2.23 bits per heavy atom. The monoisotopic (exact) mass is 213 g/mol. The van der Waals surface area contributed by atoms with Crippen molar-refractivity contribution in [3.63, 3.8) is 0 Å². The lowest BCUT2D eigenvalue weighted by Gasteiger charge is -2.01. The second-order valence-electron chi connectivity index (χ2n) is 2.64. The minimum Gasteiger partial charge on any atom is -0.398 e. The topological polar surface area (TPSA) is 26.0 Å². The predicted molar refractivity (Wildman–Crippen MR) is 58.0 cm³/mol. The van der Waals surface area contributed by atoms with Gasteiger partial charge in [-0.2, -0.15) is 0 Å². The smallest absolute Gasteiger partial charge is 0.137 e. The van der Waals surface area contributed by atoms with Crippen LogP contribution in [0.1, 0.15) is 0 Å². The van der Waals surface area contributed by atoms with Crippen molar-refractivity contribution in [3.8, 4) is 0 Å². The SMILES string of the molecule is CSc1c(F)ccc2scc(N)c12. The van der Waals surface area contributed by atoms with E-state index >= 15 is 0 Å². The highest BCUT2D eigenvalue weighted by Crippen LogP contribution is 2.36. The molecule has 0 saturated carbocycles. The average molecular weight is 213 g/mol. The Bertz CT molecular complexity index is 450. The van der Waals surface area contributed by atoms with Crippen LogP contribution < -0.4 is 5.73 Å². The normalized spacial score (nSPS) is 10.9. The maximum Gasteiger partial charge on any atom is 0.137 e. The molecule has 68 valence electrons. The maximum atomic E-state index is 13.3. The van der Waals surface area contributed by atoms with Gasteiger partial charge in [0.1, 0.15) is 5.82 Å². The van der Waals surface area contributed by atoms with Crippen molar-refractivity contribution in [2.24, 2.45) is 0 Å². The fourth-order valence-electron chi connectivity index (χ4n) is 1.30. The number of hydrogen-bond acceptors (Lipinski definition) is 3. The Morgan fingerprint density at radius 3 is 2.92 bits per heavy atom. The van der Waals surface area contributed by atoms with Crippen LogP contribution in [0, 0.1) is 5.82 Å². The highest BCUT2D eigenvalue weighted by Gasteiger charge is 2.10. The van der Waals surface area contributed by atoms with Gasteiger partial charge in [0.15, 0.2) is 0 Å². The molecule has 0 unspecified atom stereocenters. The quantitative estimate of drug-likeness (QED) is 0.735. The zero-order chi connectivity index (χ0) is 9.42. The van der Waals surface area contributed by atoms with Crippen molar-refractivity contribution in [2.75, 3.05) is 12.0 Å². The molecular weight excluding hydrogens is 205 g/mol. The number of anilines is 1. The summed E-state index contributed by atoms with van der Waals surface area (Å²) in [5, 5.41) is 2.71. The zero-order valence-corrected chi connectivity index (χ0v) is 8.64. The zero-order valence-electron chi connectivity index (χ0n) is 7.00. The number of rotatable bonds is 1. The van der Waals surface area contributed by atoms with Crippen LogP contribution in [0.25, 0.3) is 10.1 Å². The summed E-state index contributed by atoms with van der Waals surface area (Å²) in [6.07, 6.45) is 1.86. The van der Waals surface area contributed by atoms with Crippen molar-refractivity contribution in [2.45, 2.75) is 4.90 Å². The first-order valence-electron chi connectivity index (χ1n) is 3.73. The van der Waals surface area contributed by atoms with Crippen molar-refractivity contribution in [1.82, 2.24) is 0 Å². The Labute approximate surface area is 83.7 Å². The van der Waals surface area contributed by atoms with Gasteiger partial charge in [0.05, 0.1) is 10.6 Å². The Balaban J connectivity index is 2.88. The number of halogens is 1. The number of nitrogen functional groups attached to an aromatic ring is 1. The van der Waals surface area contributed by atoms with E-state index in [4.69, 9.17) is 5.73 Å². The summed E-state index contributed by atoms with van der Waals surface area (Å²) >= 11 is 2.94. The average Bonchev–Trinajstić information content (AvgIpc) is 2.49. The number of thioether (sulfide) groups is 1. The summed E-state index contributed by atoms with van der Waals surface area (Å²) in [7, 11) is 0. The molecule has 1 heterocycles. The second kappa shape index (κ2) is 3.20. The molecule has 2 N–H and O–H groups in total. The summed E-state index contributed by atoms with van der Waals surface area (Å²) < 4.78 is 14.4. The fraction of sp³-hybridized carbons (Fsp3) is 0.111. The van der Waals surface area contributed by atoms with Gasteiger partial charge in [-0.05, 0) is 18.4 Å². The fourth-order valence-corrected chi connectivity index (χ4v) is 2.91. The van der Waals surface area contributed by atoms with Crippen LogP contribution in [0.15, 0.2) is 22.4 Å². The van der Waals surface area contributed by atoms with Crippen molar-refractivity contribution < 1.29 is 4.39 Å². The largest absolute Gasteiger partial charge is 0.398 e. The summed E-state index contributed by atoms with van der Waals surface area (Å²) in [6.45, 7) is 0. The van der Waals surface area contributed by atoms with Crippen LogP contribution in [-0.4, -0.2) is 6.26 Å². The van der Waals surface area contributed by atoms with Crippen LogP contribution in [0.5, 0.6) is 0 Å². The first-order chi connectivity index (χ1) is 6.24. The molecule has 1 nitrogen and oxygen atoms in total. The molecule has 2 rings (SSSR count). The molecule has 2 aromatic rings. The van der Waals surface area contributed by atoms with E-state index in [1.165, 1.54) is 17.8 Å². The minimum absolute atomic E-state index is 0.190. The van der Waals surface area contributed by atoms with Crippen LogP contribution >= 0.6 is 23.1 Å². The van der Waals surface area contributed by atoms with Gasteiger partial charge in [-0.3, -0.25) is 0 Å². The lowest BCUT2D eigenvalue weighted by atomic mass is 10.2. The minimum atomic E-state index is -0.190. The summed E-state index contributed by atoms with van der Waals surface area (Å²) in [5.41, 5.74) is 6.42. The number of benzene rings is 1. The third-order valence-electron chi connectivity index (χ3n) is 1.88. The van der Waals surface area contributed by atoms with Crippen LogP contribution in [0.4, 0.5) is 10.1 Å². The van der Waals surface area contributed by atoms with Gasteiger partial charge in [-0.15, -0.1) is 23.1 Å². The van der Waals surface area contributed by atoms with E-state index in [0.29, 0.717) is 10.6 Å². The Kier molecular flexibility index (Phi) is 2.17. The van der Waals surface area contributed by atoms with Crippen LogP contribution in [0.2, 0.25) is 0 Å². The van der Waals surface area contributed by atoms with E-state index in [2.05, 4.69) is 0 Å². The molecule has 4 heteroatoms. The third-order valence-corrected chi connectivity index (χ3v) is 3.65. The van der Waals surface area contributed by atoms with Crippen LogP contribution in [-0.2, 0) is 0 Å². The molecule has 0 bridgehead atoms. The molecule has 1 aromatic heterocycles. The molecule has 0 radical (unpaired) electrons. The van der Waals surface area contributed by atoms with Gasteiger partial charge in [0, 0.05) is 15.5 Å². The van der Waals surface area contributed by atoms with Crippen molar-refractivity contribution in [1.29, 1.82) is 0 Å². The molecule has 0 aliphatic rings. The van der Waals surface area contributed by atoms with Crippen molar-refractivity contribution in [3.05, 3.63) is 23.3 Å². The number of fused-ring (bicyclic) bond motifs is 1. The predicted octanol–water partition coefficient (Wildman–Crippen LogP) is 3.34. The van der Waals surface area contributed by atoms with Crippen molar-refractivity contribution >= 4 is 38.9 Å². The highest BCUT2D eigenvalue weighted by atomic mass is 32.2. The molecule has 13 heavy (non-hydrogen) atoms. The van der Waals surface area contributed by atoms with E-state index in [9.17, 15) is 4.39 Å². The van der Waals surface area contributed by atoms with Gasteiger partial charge in [-0.1, -0.05) is 0 Å². The molecule has 0 aliphatic heterocycles. The van der Waals surface area contributed by atoms with E-state index in [1.54, 1.807) is 17.4 Å². The number of nitrogens with two attached hydrogens (primary N) is 1. The molecule has 0 saturated heterocycles. The summed E-state index contributed by atoms with van der Waals surface area (Å²) in [4.78, 5) is 0.649. The highest BCUT2D eigenvalue weighted by molar-refractivity contribution is 7.98. The standard InChI is InChI=1S/C9H8FNS2/c1-12-9-5(10)2-3-7-8(9)6(11)4-13-7/h2-4H,11H2,1H3. The van der Waals surface area contributed by atoms with Gasteiger partial charge in [0.2, 0.25) is 0 Å². The maximum absolute atomic E-state index is 13.3. The molecule has 0 fully saturated rings. The van der Waals surface area contributed by atoms with E-state index in [0.717, 1.165) is 10.1 Å². The van der Waals surface area contributed by atoms with E-state index in [-0.39, 0.29) is 5.82 Å². The third kappa shape index (κ3) is 1.30. The lowest BCUT2D eigenvalue weighted by Crippen LogP contribution is -1.85. The summed E-state index contributed by atoms with van der Waals surface area (Å²) in [6, 6.07) is 3.26. The molecule has 0 amide bonds. The first-order valence-corrected chi connectivity index (χ1v) is 5.83. The first kappa shape index (κ1) is 8.84. The van der Waals surface area contributed by atoms with Gasteiger partial charge >= 0.3 is 0 Å². The molecule has 0 aliphatic carbocycles. The van der Waals surface area contributed by atoms with Gasteiger partial charge in [0.25, 0.3) is 0 Å². The number of hydrogen-bond donors (Lipinski definition) is 1. The van der Waals surface area contributed by atoms with Gasteiger partial charge < -0.3 is 5.73 Å². The molecule has 1 aromatic carbocycles. The van der Waals surface area contributed by atoms with E-state index < -0.39 is 0 Å². The molecular formula is C9H8FNS2. The van der Waals surface area contributed by atoms with E-state index in [1.807, 2.05) is 11.6 Å². The lowest BCUT2D eigenvalue weighted by molar-refractivity contribution is 0.606. The number of thiophene rings is 1. The summed E-state index contributed by atoms with van der Waals surface area (Å²) in [5.74, 6) is -0.190. The van der Waals surface area contributed by atoms with Gasteiger partial charge in [-0.25, -0.2) is 4.39 Å².